The molecule has 1 amide bonds. The molecule has 1 atom stereocenters. The van der Waals surface area contributed by atoms with Crippen LogP contribution in [0.5, 0.6) is 17.2 Å². The Morgan fingerprint density at radius 3 is 1.91 bits per heavy atom. The van der Waals surface area contributed by atoms with Crippen LogP contribution in [-0.2, 0) is 0 Å². The van der Waals surface area contributed by atoms with Crippen LogP contribution in [0.15, 0.2) is 12.1 Å². The van der Waals surface area contributed by atoms with Crippen molar-refractivity contribution in [1.82, 2.24) is 5.32 Å². The smallest absolute Gasteiger partial charge is 0.251 e. The molecule has 5 heteroatoms. The first-order valence-electron chi connectivity index (χ1n) is 7.94. The number of carbonyl (C=O) groups is 1. The summed E-state index contributed by atoms with van der Waals surface area (Å²) in [5.74, 6) is 1.47. The summed E-state index contributed by atoms with van der Waals surface area (Å²) in [7, 11) is 0. The van der Waals surface area contributed by atoms with Crippen molar-refractivity contribution >= 4 is 5.91 Å². The molecule has 0 aliphatic carbocycles. The number of hydrogen-bond donors (Lipinski definition) is 1. The summed E-state index contributed by atoms with van der Waals surface area (Å²) < 4.78 is 16.9. The molecule has 0 aromatic heterocycles. The largest absolute Gasteiger partial charge is 0.490 e. The molecule has 0 bridgehead atoms. The Balaban J connectivity index is 3.20. The summed E-state index contributed by atoms with van der Waals surface area (Å²) in [6, 6.07) is 3.52. The van der Waals surface area contributed by atoms with E-state index in [2.05, 4.69) is 5.32 Å². The van der Waals surface area contributed by atoms with Gasteiger partial charge >= 0.3 is 0 Å². The first-order valence-corrected chi connectivity index (χ1v) is 7.94. The zero-order valence-electron chi connectivity index (χ0n) is 14.2. The summed E-state index contributed by atoms with van der Waals surface area (Å²) >= 11 is 0. The third-order valence-electron chi connectivity index (χ3n) is 3.16. The molecule has 22 heavy (non-hydrogen) atoms. The second-order valence-electron chi connectivity index (χ2n) is 4.88. The monoisotopic (exact) mass is 309 g/mol. The fourth-order valence-corrected chi connectivity index (χ4v) is 1.93. The van der Waals surface area contributed by atoms with E-state index in [0.29, 0.717) is 42.6 Å². The molecule has 0 saturated carbocycles. The lowest BCUT2D eigenvalue weighted by Gasteiger charge is -2.18. The van der Waals surface area contributed by atoms with Crippen molar-refractivity contribution in [2.24, 2.45) is 0 Å². The fraction of sp³-hybridized carbons (Fsp3) is 0.588. The standard InChI is InChI=1S/C17H27NO4/c1-6-12(5)18-17(19)13-10-14(20-7-2)16(22-9-4)15(11-13)21-8-3/h10-12H,6-9H2,1-5H3,(H,18,19)/t12-/m0/s1. The molecule has 0 unspecified atom stereocenters. The molecule has 0 radical (unpaired) electrons. The van der Waals surface area contributed by atoms with Crippen LogP contribution < -0.4 is 19.5 Å². The summed E-state index contributed by atoms with van der Waals surface area (Å²) in [6.07, 6.45) is 0.874. The highest BCUT2D eigenvalue weighted by atomic mass is 16.5. The van der Waals surface area contributed by atoms with Crippen LogP contribution in [0, 0.1) is 0 Å². The van der Waals surface area contributed by atoms with Crippen molar-refractivity contribution in [3.63, 3.8) is 0 Å². The molecule has 1 rings (SSSR count). The van der Waals surface area contributed by atoms with Gasteiger partial charge in [0.05, 0.1) is 19.8 Å². The summed E-state index contributed by atoms with van der Waals surface area (Å²) in [4.78, 5) is 12.3. The minimum atomic E-state index is -0.140. The van der Waals surface area contributed by atoms with Crippen LogP contribution in [0.2, 0.25) is 0 Å². The lowest BCUT2D eigenvalue weighted by atomic mass is 10.1. The minimum Gasteiger partial charge on any atom is -0.490 e. The molecular weight excluding hydrogens is 282 g/mol. The van der Waals surface area contributed by atoms with Gasteiger partial charge in [-0.3, -0.25) is 4.79 Å². The highest BCUT2D eigenvalue weighted by Crippen LogP contribution is 2.39. The highest BCUT2D eigenvalue weighted by molar-refractivity contribution is 5.95. The molecule has 0 aliphatic rings. The predicted octanol–water partition coefficient (Wildman–Crippen LogP) is 3.41. The van der Waals surface area contributed by atoms with Crippen molar-refractivity contribution in [2.75, 3.05) is 19.8 Å². The van der Waals surface area contributed by atoms with Crippen LogP contribution in [0.4, 0.5) is 0 Å². The third kappa shape index (κ3) is 4.83. The zero-order valence-corrected chi connectivity index (χ0v) is 14.2. The molecule has 1 aromatic carbocycles. The number of amides is 1. The highest BCUT2D eigenvalue weighted by Gasteiger charge is 2.18. The lowest BCUT2D eigenvalue weighted by Crippen LogP contribution is -2.31. The normalized spacial score (nSPS) is 11.7. The molecule has 5 nitrogen and oxygen atoms in total. The van der Waals surface area contributed by atoms with E-state index >= 15 is 0 Å². The average molecular weight is 309 g/mol. The van der Waals surface area contributed by atoms with Crippen LogP contribution >= 0.6 is 0 Å². The number of hydrogen-bond acceptors (Lipinski definition) is 4. The summed E-state index contributed by atoms with van der Waals surface area (Å²) in [5.41, 5.74) is 0.510. The quantitative estimate of drug-likeness (QED) is 0.759. The van der Waals surface area contributed by atoms with E-state index < -0.39 is 0 Å². The van der Waals surface area contributed by atoms with E-state index in [1.165, 1.54) is 0 Å². The average Bonchev–Trinajstić information content (AvgIpc) is 2.50. The van der Waals surface area contributed by atoms with E-state index in [0.717, 1.165) is 6.42 Å². The zero-order chi connectivity index (χ0) is 16.5. The maximum atomic E-state index is 12.3. The topological polar surface area (TPSA) is 56.8 Å². The molecule has 1 aromatic rings. The Kier molecular flexibility index (Phi) is 7.57. The van der Waals surface area contributed by atoms with Gasteiger partial charge in [-0.25, -0.2) is 0 Å². The lowest BCUT2D eigenvalue weighted by molar-refractivity contribution is 0.0938. The van der Waals surface area contributed by atoms with Gasteiger partial charge in [-0.1, -0.05) is 6.92 Å². The molecule has 0 fully saturated rings. The maximum Gasteiger partial charge on any atom is 0.251 e. The van der Waals surface area contributed by atoms with Gasteiger partial charge in [0, 0.05) is 11.6 Å². The van der Waals surface area contributed by atoms with E-state index in [9.17, 15) is 4.79 Å². The van der Waals surface area contributed by atoms with Gasteiger partial charge in [0.2, 0.25) is 5.75 Å². The van der Waals surface area contributed by atoms with Gasteiger partial charge in [-0.15, -0.1) is 0 Å². The van der Waals surface area contributed by atoms with Crippen LogP contribution in [0.3, 0.4) is 0 Å². The number of nitrogens with one attached hydrogen (secondary N) is 1. The number of ether oxygens (including phenoxy) is 3. The van der Waals surface area contributed by atoms with E-state index in [1.54, 1.807) is 12.1 Å². The number of carbonyl (C=O) groups excluding carboxylic acids is 1. The Bertz CT molecular complexity index is 461. The van der Waals surface area contributed by atoms with Gasteiger partial charge in [0.15, 0.2) is 11.5 Å². The Morgan fingerprint density at radius 1 is 1.00 bits per heavy atom. The Hall–Kier alpha value is -1.91. The third-order valence-corrected chi connectivity index (χ3v) is 3.16. The first-order chi connectivity index (χ1) is 10.6. The van der Waals surface area contributed by atoms with Crippen molar-refractivity contribution < 1.29 is 19.0 Å². The maximum absolute atomic E-state index is 12.3. The van der Waals surface area contributed by atoms with Gasteiger partial charge < -0.3 is 19.5 Å². The predicted molar refractivity (Wildman–Crippen MR) is 87.2 cm³/mol. The number of rotatable bonds is 9. The van der Waals surface area contributed by atoms with Crippen molar-refractivity contribution in [3.8, 4) is 17.2 Å². The van der Waals surface area contributed by atoms with Crippen LogP contribution in [0.1, 0.15) is 51.4 Å². The van der Waals surface area contributed by atoms with Crippen LogP contribution in [0.25, 0.3) is 0 Å². The van der Waals surface area contributed by atoms with Gasteiger partial charge in [0.25, 0.3) is 5.91 Å². The van der Waals surface area contributed by atoms with Gasteiger partial charge in [-0.05, 0) is 46.2 Å². The van der Waals surface area contributed by atoms with Gasteiger partial charge in [-0.2, -0.15) is 0 Å². The van der Waals surface area contributed by atoms with E-state index in [-0.39, 0.29) is 11.9 Å². The fourth-order valence-electron chi connectivity index (χ4n) is 1.93. The molecule has 0 spiro atoms. The van der Waals surface area contributed by atoms with Crippen molar-refractivity contribution in [1.29, 1.82) is 0 Å². The molecular formula is C17H27NO4. The van der Waals surface area contributed by atoms with Crippen molar-refractivity contribution in [3.05, 3.63) is 17.7 Å². The minimum absolute atomic E-state index is 0.116. The van der Waals surface area contributed by atoms with Crippen LogP contribution in [-0.4, -0.2) is 31.8 Å². The summed E-state index contributed by atoms with van der Waals surface area (Å²) in [5, 5.41) is 2.95. The molecule has 124 valence electrons. The van der Waals surface area contributed by atoms with Crippen molar-refractivity contribution in [2.45, 2.75) is 47.1 Å². The molecule has 0 aliphatic heterocycles. The van der Waals surface area contributed by atoms with Gasteiger partial charge in [0.1, 0.15) is 0 Å². The second kappa shape index (κ2) is 9.18. The molecule has 0 heterocycles. The molecule has 0 saturated heterocycles. The van der Waals surface area contributed by atoms with E-state index in [4.69, 9.17) is 14.2 Å². The molecule has 1 N–H and O–H groups in total. The summed E-state index contributed by atoms with van der Waals surface area (Å²) in [6.45, 7) is 11.2. The SMILES string of the molecule is CCOc1cc(C(=O)N[C@@H](C)CC)cc(OCC)c1OCC. The first kappa shape index (κ1) is 18.1. The Morgan fingerprint density at radius 2 is 1.50 bits per heavy atom. The van der Waals surface area contributed by atoms with E-state index in [1.807, 2.05) is 34.6 Å². The number of benzene rings is 1. The second-order valence-corrected chi connectivity index (χ2v) is 4.88. The Labute approximate surface area is 132 Å².